The van der Waals surface area contributed by atoms with Gasteiger partial charge in [0, 0.05) is 17.9 Å². The van der Waals surface area contributed by atoms with Crippen molar-refractivity contribution in [2.75, 3.05) is 7.11 Å². The largest absolute Gasteiger partial charge is 0.496 e. The van der Waals surface area contributed by atoms with E-state index in [2.05, 4.69) is 0 Å². The average molecular weight is 321 g/mol. The van der Waals surface area contributed by atoms with Crippen LogP contribution < -0.4 is 4.74 Å². The quantitative estimate of drug-likeness (QED) is 0.817. The summed E-state index contributed by atoms with van der Waals surface area (Å²) in [5.74, 6) is 0.431. The minimum atomic E-state index is -0.155. The molecule has 2 aromatic rings. The molecule has 0 unspecified atom stereocenters. The molecular weight excluding hydrogens is 302 g/mol. The number of methoxy groups -OCH3 is 1. The number of carbonyl (C=O) groups is 2. The molecule has 122 valence electrons. The molecule has 1 saturated heterocycles. The number of rotatable bonds is 3. The van der Waals surface area contributed by atoms with Crippen LogP contribution in [0.5, 0.6) is 5.75 Å². The van der Waals surface area contributed by atoms with E-state index in [4.69, 9.17) is 4.74 Å². The second kappa shape index (κ2) is 5.78. The number of ether oxygens (including phenoxy) is 1. The molecule has 1 heterocycles. The minimum absolute atomic E-state index is 0.0526. The molecule has 1 aliphatic carbocycles. The Balaban J connectivity index is 1.64. The number of fused-ring (bicyclic) bond motifs is 3. The van der Waals surface area contributed by atoms with Gasteiger partial charge in [-0.3, -0.25) is 14.5 Å². The van der Waals surface area contributed by atoms with Crippen LogP contribution in [-0.2, 0) is 22.6 Å². The summed E-state index contributed by atoms with van der Waals surface area (Å²) in [6, 6.07) is 15.6. The van der Waals surface area contributed by atoms with Crippen molar-refractivity contribution in [2.24, 2.45) is 5.92 Å². The summed E-state index contributed by atoms with van der Waals surface area (Å²) in [6.45, 7) is 0.356. The van der Waals surface area contributed by atoms with E-state index in [9.17, 15) is 9.59 Å². The standard InChI is InChI=1S/C20H19NO3/c1-24-17-9-5-8-14-10-16-15(19(14)17)11-18(22)21(20(16)23)12-13-6-3-2-4-7-13/h2-9,15-16H,10-12H2,1H3/t15-,16+/m0/s1. The zero-order chi connectivity index (χ0) is 16.7. The normalized spacial score (nSPS) is 22.3. The average Bonchev–Trinajstić information content (AvgIpc) is 2.98. The van der Waals surface area contributed by atoms with Gasteiger partial charge in [-0.05, 0) is 23.6 Å². The zero-order valence-corrected chi connectivity index (χ0v) is 13.6. The lowest BCUT2D eigenvalue weighted by atomic mass is 9.84. The van der Waals surface area contributed by atoms with Crippen LogP contribution in [0, 0.1) is 5.92 Å². The number of benzene rings is 2. The van der Waals surface area contributed by atoms with Crippen molar-refractivity contribution in [2.45, 2.75) is 25.3 Å². The lowest BCUT2D eigenvalue weighted by Gasteiger charge is -2.33. The molecule has 0 N–H and O–H groups in total. The second-order valence-corrected chi connectivity index (χ2v) is 6.46. The summed E-state index contributed by atoms with van der Waals surface area (Å²) in [7, 11) is 1.64. The molecule has 1 aliphatic heterocycles. The Hall–Kier alpha value is -2.62. The van der Waals surface area contributed by atoms with Gasteiger partial charge in [-0.15, -0.1) is 0 Å². The topological polar surface area (TPSA) is 46.6 Å². The summed E-state index contributed by atoms with van der Waals surface area (Å²) < 4.78 is 5.46. The Kier molecular flexibility index (Phi) is 3.60. The second-order valence-electron chi connectivity index (χ2n) is 6.46. The number of hydrogen-bond acceptors (Lipinski definition) is 3. The molecular formula is C20H19NO3. The van der Waals surface area contributed by atoms with Gasteiger partial charge in [-0.1, -0.05) is 42.5 Å². The van der Waals surface area contributed by atoms with E-state index in [1.165, 1.54) is 4.90 Å². The predicted octanol–water partition coefficient (Wildman–Crippen LogP) is 2.91. The fraction of sp³-hybridized carbons (Fsp3) is 0.300. The van der Waals surface area contributed by atoms with Crippen molar-refractivity contribution in [3.05, 3.63) is 65.2 Å². The van der Waals surface area contributed by atoms with Gasteiger partial charge in [0.15, 0.2) is 0 Å². The fourth-order valence-electron chi connectivity index (χ4n) is 4.00. The molecule has 0 spiro atoms. The van der Waals surface area contributed by atoms with E-state index in [-0.39, 0.29) is 23.7 Å². The number of carbonyl (C=O) groups excluding carboxylic acids is 2. The summed E-state index contributed by atoms with van der Waals surface area (Å²) >= 11 is 0. The third kappa shape index (κ3) is 2.30. The fourth-order valence-corrected chi connectivity index (χ4v) is 4.00. The van der Waals surface area contributed by atoms with Crippen LogP contribution in [0.3, 0.4) is 0 Å². The highest BCUT2D eigenvalue weighted by Gasteiger charge is 2.47. The monoisotopic (exact) mass is 321 g/mol. The molecule has 24 heavy (non-hydrogen) atoms. The summed E-state index contributed by atoms with van der Waals surface area (Å²) in [6.07, 6.45) is 1.06. The number of hydrogen-bond donors (Lipinski definition) is 0. The van der Waals surface area contributed by atoms with Crippen molar-refractivity contribution >= 4 is 11.8 Å². The van der Waals surface area contributed by atoms with E-state index >= 15 is 0 Å². The maximum Gasteiger partial charge on any atom is 0.233 e. The van der Waals surface area contributed by atoms with Gasteiger partial charge in [0.2, 0.25) is 11.8 Å². The molecule has 4 rings (SSSR count). The maximum atomic E-state index is 13.0. The maximum absolute atomic E-state index is 13.0. The molecule has 0 saturated carbocycles. The molecule has 4 nitrogen and oxygen atoms in total. The smallest absolute Gasteiger partial charge is 0.233 e. The van der Waals surface area contributed by atoms with E-state index in [1.807, 2.05) is 48.5 Å². The first-order chi connectivity index (χ1) is 11.7. The summed E-state index contributed by atoms with van der Waals surface area (Å²) in [4.78, 5) is 27.0. The number of amides is 2. The molecule has 0 aromatic heterocycles. The van der Waals surface area contributed by atoms with Crippen LogP contribution in [0.15, 0.2) is 48.5 Å². The van der Waals surface area contributed by atoms with Crippen LogP contribution >= 0.6 is 0 Å². The number of nitrogens with zero attached hydrogens (tertiary/aromatic N) is 1. The molecule has 2 aromatic carbocycles. The summed E-state index contributed by atoms with van der Waals surface area (Å²) in [5, 5.41) is 0. The Morgan fingerprint density at radius 2 is 1.79 bits per heavy atom. The first-order valence-electron chi connectivity index (χ1n) is 8.23. The highest BCUT2D eigenvalue weighted by molar-refractivity contribution is 6.00. The van der Waals surface area contributed by atoms with Crippen molar-refractivity contribution in [1.82, 2.24) is 4.90 Å². The zero-order valence-electron chi connectivity index (χ0n) is 13.6. The van der Waals surface area contributed by atoms with Crippen molar-refractivity contribution < 1.29 is 14.3 Å². The van der Waals surface area contributed by atoms with Crippen LogP contribution in [-0.4, -0.2) is 23.8 Å². The van der Waals surface area contributed by atoms with E-state index in [1.54, 1.807) is 7.11 Å². The Labute approximate surface area is 141 Å². The predicted molar refractivity (Wildman–Crippen MR) is 89.5 cm³/mol. The number of piperidine rings is 1. The van der Waals surface area contributed by atoms with Crippen molar-refractivity contribution in [1.29, 1.82) is 0 Å². The molecule has 1 fully saturated rings. The molecule has 2 aliphatic rings. The Bertz CT molecular complexity index is 800. The van der Waals surface area contributed by atoms with E-state index in [0.29, 0.717) is 19.4 Å². The molecule has 2 amide bonds. The first kappa shape index (κ1) is 14.9. The minimum Gasteiger partial charge on any atom is -0.496 e. The van der Waals surface area contributed by atoms with E-state index < -0.39 is 0 Å². The van der Waals surface area contributed by atoms with Crippen LogP contribution in [0.1, 0.15) is 29.0 Å². The van der Waals surface area contributed by atoms with Gasteiger partial charge in [-0.25, -0.2) is 0 Å². The van der Waals surface area contributed by atoms with Gasteiger partial charge in [0.25, 0.3) is 0 Å². The van der Waals surface area contributed by atoms with Gasteiger partial charge < -0.3 is 4.74 Å². The lowest BCUT2D eigenvalue weighted by molar-refractivity contribution is -0.153. The van der Waals surface area contributed by atoms with Gasteiger partial charge in [-0.2, -0.15) is 0 Å². The third-order valence-corrected chi connectivity index (χ3v) is 5.13. The van der Waals surface area contributed by atoms with Crippen molar-refractivity contribution in [3.8, 4) is 5.75 Å². The third-order valence-electron chi connectivity index (χ3n) is 5.13. The number of likely N-dealkylation sites (tertiary alicyclic amines) is 1. The molecule has 0 bridgehead atoms. The SMILES string of the molecule is COc1cccc2c1[C@H]1CC(=O)N(Cc3ccccc3)C(=O)[C@@H]1C2. The van der Waals surface area contributed by atoms with Crippen LogP contribution in [0.2, 0.25) is 0 Å². The van der Waals surface area contributed by atoms with Gasteiger partial charge >= 0.3 is 0 Å². The molecule has 2 atom stereocenters. The highest BCUT2D eigenvalue weighted by atomic mass is 16.5. The van der Waals surface area contributed by atoms with Crippen LogP contribution in [0.4, 0.5) is 0 Å². The van der Waals surface area contributed by atoms with Crippen LogP contribution in [0.25, 0.3) is 0 Å². The van der Waals surface area contributed by atoms with E-state index in [0.717, 1.165) is 22.4 Å². The Morgan fingerprint density at radius 3 is 2.54 bits per heavy atom. The van der Waals surface area contributed by atoms with Gasteiger partial charge in [0.05, 0.1) is 19.6 Å². The lowest BCUT2D eigenvalue weighted by Crippen LogP contribution is -2.46. The molecule has 0 radical (unpaired) electrons. The summed E-state index contributed by atoms with van der Waals surface area (Å²) in [5.41, 5.74) is 3.16. The van der Waals surface area contributed by atoms with Gasteiger partial charge in [0.1, 0.15) is 5.75 Å². The Morgan fingerprint density at radius 1 is 1.00 bits per heavy atom. The number of imide groups is 1. The molecule has 4 heteroatoms. The van der Waals surface area contributed by atoms with Crippen molar-refractivity contribution in [3.63, 3.8) is 0 Å². The first-order valence-corrected chi connectivity index (χ1v) is 8.23. The highest BCUT2D eigenvalue weighted by Crippen LogP contribution is 2.48.